The summed E-state index contributed by atoms with van der Waals surface area (Å²) in [6.07, 6.45) is 0.495. The largest absolute Gasteiger partial charge is 0.298 e. The molecule has 0 heterocycles. The maximum atomic E-state index is 11.2. The van der Waals surface area contributed by atoms with Gasteiger partial charge in [0.15, 0.2) is 0 Å². The van der Waals surface area contributed by atoms with Gasteiger partial charge in [0.2, 0.25) is 0 Å². The van der Waals surface area contributed by atoms with E-state index < -0.39 is 0 Å². The molecule has 1 nitrogen and oxygen atoms in total. The molecule has 0 atom stereocenters. The van der Waals surface area contributed by atoms with Crippen LogP contribution in [0.3, 0.4) is 0 Å². The first-order valence-corrected chi connectivity index (χ1v) is 6.05. The Hall–Kier alpha value is -0.340. The summed E-state index contributed by atoms with van der Waals surface area (Å²) in [7, 11) is 0. The average Bonchev–Trinajstić information content (AvgIpc) is 2.18. The summed E-state index contributed by atoms with van der Waals surface area (Å²) in [4.78, 5) is 11.2. The fourth-order valence-electron chi connectivity index (χ4n) is 1.29. The van der Waals surface area contributed by atoms with Gasteiger partial charge in [0.1, 0.15) is 5.78 Å². The van der Waals surface area contributed by atoms with E-state index in [9.17, 15) is 4.79 Å². The van der Waals surface area contributed by atoms with E-state index in [0.29, 0.717) is 17.6 Å². The molecule has 0 saturated carbocycles. The highest BCUT2D eigenvalue weighted by atomic mass is 79.9. The Morgan fingerprint density at radius 2 is 2.21 bits per heavy atom. The van der Waals surface area contributed by atoms with E-state index in [1.54, 1.807) is 0 Å². The molecule has 14 heavy (non-hydrogen) atoms. The van der Waals surface area contributed by atoms with Gasteiger partial charge < -0.3 is 0 Å². The molecular weight excluding hydrogens is 263 g/mol. The second-order valence-electron chi connectivity index (χ2n) is 3.24. The zero-order valence-corrected chi connectivity index (χ0v) is 10.4. The van der Waals surface area contributed by atoms with Gasteiger partial charge in [-0.3, -0.25) is 4.79 Å². The number of ketones is 1. The van der Waals surface area contributed by atoms with Crippen molar-refractivity contribution in [3.8, 4) is 0 Å². The van der Waals surface area contributed by atoms with Crippen LogP contribution in [0.15, 0.2) is 18.2 Å². The summed E-state index contributed by atoms with van der Waals surface area (Å²) in [5.41, 5.74) is 3.34. The number of alkyl halides is 2. The van der Waals surface area contributed by atoms with E-state index in [1.807, 2.05) is 25.1 Å². The van der Waals surface area contributed by atoms with Crippen LogP contribution in [0.2, 0.25) is 0 Å². The molecule has 0 spiro atoms. The number of benzene rings is 1. The maximum Gasteiger partial charge on any atom is 0.147 e. The zero-order chi connectivity index (χ0) is 10.6. The van der Waals surface area contributed by atoms with Gasteiger partial charge in [0, 0.05) is 12.3 Å². The molecule has 0 unspecified atom stereocenters. The number of Topliss-reactive ketones (excluding diaryl/α,β-unsaturated/α-hetero) is 1. The van der Waals surface area contributed by atoms with Crippen molar-refractivity contribution in [1.82, 2.24) is 0 Å². The maximum absolute atomic E-state index is 11.2. The van der Waals surface area contributed by atoms with Crippen LogP contribution in [0.1, 0.15) is 16.7 Å². The highest BCUT2D eigenvalue weighted by Crippen LogP contribution is 2.14. The van der Waals surface area contributed by atoms with E-state index in [1.165, 1.54) is 0 Å². The molecule has 0 N–H and O–H groups in total. The smallest absolute Gasteiger partial charge is 0.147 e. The molecule has 1 rings (SSSR count). The fourth-order valence-corrected chi connectivity index (χ4v) is 1.79. The van der Waals surface area contributed by atoms with Crippen molar-refractivity contribution in [2.24, 2.45) is 0 Å². The first-order chi connectivity index (χ1) is 6.67. The van der Waals surface area contributed by atoms with Crippen molar-refractivity contribution in [3.05, 3.63) is 34.9 Å². The van der Waals surface area contributed by atoms with Crippen molar-refractivity contribution in [2.45, 2.75) is 19.2 Å². The normalized spacial score (nSPS) is 10.2. The van der Waals surface area contributed by atoms with Crippen LogP contribution in [0.25, 0.3) is 0 Å². The molecule has 0 saturated heterocycles. The lowest BCUT2D eigenvalue weighted by Crippen LogP contribution is -2.03. The van der Waals surface area contributed by atoms with Gasteiger partial charge in [-0.05, 0) is 23.6 Å². The van der Waals surface area contributed by atoms with Crippen LogP contribution in [0.4, 0.5) is 0 Å². The Balaban J connectivity index is 2.81. The highest BCUT2D eigenvalue weighted by molar-refractivity contribution is 9.09. The highest BCUT2D eigenvalue weighted by Gasteiger charge is 2.03. The predicted octanol–water partition coefficient (Wildman–Crippen LogP) is 3.24. The number of aryl methyl sites for hydroxylation is 1. The lowest BCUT2D eigenvalue weighted by atomic mass is 10.0. The molecular formula is C11H12BrClO. The molecule has 0 aliphatic rings. The molecule has 0 aromatic heterocycles. The standard InChI is InChI=1S/C11H12BrClO/c1-8-4-9(5-11(14)6-12)2-3-10(8)7-13/h2-4H,5-7H2,1H3. The summed E-state index contributed by atoms with van der Waals surface area (Å²) >= 11 is 8.89. The topological polar surface area (TPSA) is 17.1 Å². The quantitative estimate of drug-likeness (QED) is 0.771. The van der Waals surface area contributed by atoms with Gasteiger partial charge >= 0.3 is 0 Å². The first-order valence-electron chi connectivity index (χ1n) is 4.39. The van der Waals surface area contributed by atoms with Gasteiger partial charge in [-0.25, -0.2) is 0 Å². The van der Waals surface area contributed by atoms with E-state index >= 15 is 0 Å². The van der Waals surface area contributed by atoms with Crippen LogP contribution in [0, 0.1) is 6.92 Å². The van der Waals surface area contributed by atoms with Crippen LogP contribution in [0.5, 0.6) is 0 Å². The Kier molecular flexibility index (Phi) is 4.63. The second-order valence-corrected chi connectivity index (χ2v) is 4.07. The van der Waals surface area contributed by atoms with E-state index in [0.717, 1.165) is 16.7 Å². The van der Waals surface area contributed by atoms with Crippen LogP contribution in [-0.4, -0.2) is 11.1 Å². The number of hydrogen-bond acceptors (Lipinski definition) is 1. The summed E-state index contributed by atoms with van der Waals surface area (Å²) in [6, 6.07) is 5.97. The fraction of sp³-hybridized carbons (Fsp3) is 0.364. The summed E-state index contributed by atoms with van der Waals surface area (Å²) < 4.78 is 0. The van der Waals surface area contributed by atoms with Gasteiger partial charge in [-0.2, -0.15) is 0 Å². The van der Waals surface area contributed by atoms with Crippen LogP contribution < -0.4 is 0 Å². The van der Waals surface area contributed by atoms with E-state index in [-0.39, 0.29) is 5.78 Å². The summed E-state index contributed by atoms with van der Waals surface area (Å²) in [6.45, 7) is 2.01. The van der Waals surface area contributed by atoms with Crippen LogP contribution in [-0.2, 0) is 17.1 Å². The van der Waals surface area contributed by atoms with E-state index in [2.05, 4.69) is 15.9 Å². The van der Waals surface area contributed by atoms with Crippen molar-refractivity contribution < 1.29 is 4.79 Å². The molecule has 1 aromatic carbocycles. The van der Waals surface area contributed by atoms with E-state index in [4.69, 9.17) is 11.6 Å². The lowest BCUT2D eigenvalue weighted by molar-refractivity contribution is -0.115. The molecule has 0 fully saturated rings. The summed E-state index contributed by atoms with van der Waals surface area (Å²) in [5, 5.41) is 0.420. The molecule has 0 bridgehead atoms. The minimum Gasteiger partial charge on any atom is -0.298 e. The molecule has 0 radical (unpaired) electrons. The van der Waals surface area contributed by atoms with Gasteiger partial charge in [0.25, 0.3) is 0 Å². The third kappa shape index (κ3) is 3.10. The molecule has 76 valence electrons. The third-order valence-electron chi connectivity index (χ3n) is 2.10. The lowest BCUT2D eigenvalue weighted by Gasteiger charge is -2.04. The Bertz CT molecular complexity index is 336. The average molecular weight is 276 g/mol. The number of carbonyl (C=O) groups excluding carboxylic acids is 1. The van der Waals surface area contributed by atoms with Gasteiger partial charge in [-0.15, -0.1) is 11.6 Å². The Morgan fingerprint density at radius 3 is 2.71 bits per heavy atom. The molecule has 1 aromatic rings. The zero-order valence-electron chi connectivity index (χ0n) is 8.02. The summed E-state index contributed by atoms with van der Waals surface area (Å²) in [5.74, 6) is 0.724. The minimum atomic E-state index is 0.197. The number of hydrogen-bond donors (Lipinski definition) is 0. The SMILES string of the molecule is Cc1cc(CC(=O)CBr)ccc1CCl. The second kappa shape index (κ2) is 5.52. The minimum absolute atomic E-state index is 0.197. The van der Waals surface area contributed by atoms with Crippen molar-refractivity contribution in [1.29, 1.82) is 0 Å². The Labute approximate surface area is 97.6 Å². The van der Waals surface area contributed by atoms with Gasteiger partial charge in [-0.1, -0.05) is 34.1 Å². The molecule has 0 aliphatic carbocycles. The molecule has 0 amide bonds. The van der Waals surface area contributed by atoms with Crippen molar-refractivity contribution in [2.75, 3.05) is 5.33 Å². The molecule has 0 aliphatic heterocycles. The Morgan fingerprint density at radius 1 is 1.50 bits per heavy atom. The number of rotatable bonds is 4. The van der Waals surface area contributed by atoms with Gasteiger partial charge in [0.05, 0.1) is 5.33 Å². The monoisotopic (exact) mass is 274 g/mol. The van der Waals surface area contributed by atoms with Crippen molar-refractivity contribution in [3.63, 3.8) is 0 Å². The first kappa shape index (κ1) is 11.7. The predicted molar refractivity (Wildman–Crippen MR) is 63.2 cm³/mol. The third-order valence-corrected chi connectivity index (χ3v) is 3.01. The van der Waals surface area contributed by atoms with Crippen molar-refractivity contribution >= 4 is 33.3 Å². The van der Waals surface area contributed by atoms with Crippen LogP contribution >= 0.6 is 27.5 Å². The molecule has 3 heteroatoms. The number of halogens is 2. The number of carbonyl (C=O) groups is 1.